The van der Waals surface area contributed by atoms with E-state index in [2.05, 4.69) is 15.0 Å². The van der Waals surface area contributed by atoms with Crippen LogP contribution in [-0.4, -0.2) is 19.3 Å². The third kappa shape index (κ3) is 4.32. The summed E-state index contributed by atoms with van der Waals surface area (Å²) in [4.78, 5) is 16.6. The molecule has 0 bridgehead atoms. The second-order valence-corrected chi connectivity index (χ2v) is 8.32. The maximum Gasteiger partial charge on any atom is 0.262 e. The standard InChI is InChI=1S/C18H16FN3O3S2/c1-11-9-13(19)7-8-16(11)27(24,25)22-15-6-4-3-5-14(15)17(23)21-18-20-12(2)10-26-18/h3-10,22H,1-2H3,(H,20,21,23). The van der Waals surface area contributed by atoms with E-state index in [4.69, 9.17) is 0 Å². The zero-order valence-corrected chi connectivity index (χ0v) is 16.1. The molecular formula is C18H16FN3O3S2. The van der Waals surface area contributed by atoms with E-state index in [-0.39, 0.29) is 21.7 Å². The molecule has 2 aromatic carbocycles. The summed E-state index contributed by atoms with van der Waals surface area (Å²) in [6, 6.07) is 9.63. The molecule has 0 aliphatic carbocycles. The minimum absolute atomic E-state index is 0.0605. The third-order valence-electron chi connectivity index (χ3n) is 3.68. The lowest BCUT2D eigenvalue weighted by Gasteiger charge is -2.13. The Hall–Kier alpha value is -2.78. The van der Waals surface area contributed by atoms with Crippen LogP contribution >= 0.6 is 11.3 Å². The monoisotopic (exact) mass is 405 g/mol. The molecule has 0 saturated carbocycles. The molecule has 140 valence electrons. The highest BCUT2D eigenvalue weighted by Crippen LogP contribution is 2.24. The van der Waals surface area contributed by atoms with Crippen LogP contribution in [0.4, 0.5) is 15.2 Å². The minimum Gasteiger partial charge on any atom is -0.298 e. The van der Waals surface area contributed by atoms with Crippen LogP contribution in [0.1, 0.15) is 21.6 Å². The average Bonchev–Trinajstić information content (AvgIpc) is 2.99. The largest absolute Gasteiger partial charge is 0.298 e. The van der Waals surface area contributed by atoms with Gasteiger partial charge in [-0.1, -0.05) is 12.1 Å². The fourth-order valence-electron chi connectivity index (χ4n) is 2.46. The highest BCUT2D eigenvalue weighted by atomic mass is 32.2. The number of halogens is 1. The zero-order chi connectivity index (χ0) is 19.6. The molecule has 0 aliphatic rings. The normalized spacial score (nSPS) is 11.2. The van der Waals surface area contributed by atoms with E-state index < -0.39 is 21.7 Å². The lowest BCUT2D eigenvalue weighted by molar-refractivity contribution is 0.102. The number of benzene rings is 2. The molecule has 0 radical (unpaired) electrons. The van der Waals surface area contributed by atoms with Crippen LogP contribution in [-0.2, 0) is 10.0 Å². The van der Waals surface area contributed by atoms with Gasteiger partial charge in [0.1, 0.15) is 5.82 Å². The van der Waals surface area contributed by atoms with Crippen molar-refractivity contribution >= 4 is 38.1 Å². The molecule has 0 unspecified atom stereocenters. The molecule has 1 aromatic heterocycles. The Morgan fingerprint density at radius 2 is 1.89 bits per heavy atom. The van der Waals surface area contributed by atoms with E-state index in [0.29, 0.717) is 5.13 Å². The van der Waals surface area contributed by atoms with Gasteiger partial charge in [0, 0.05) is 5.38 Å². The first-order chi connectivity index (χ1) is 12.8. The number of aromatic nitrogens is 1. The Kier molecular flexibility index (Phi) is 5.24. The van der Waals surface area contributed by atoms with E-state index in [1.807, 2.05) is 0 Å². The Bertz CT molecular complexity index is 1110. The van der Waals surface area contributed by atoms with Crippen molar-refractivity contribution in [1.29, 1.82) is 0 Å². The molecule has 0 atom stereocenters. The van der Waals surface area contributed by atoms with Crippen LogP contribution < -0.4 is 10.0 Å². The second-order valence-electron chi connectivity index (χ2n) is 5.81. The van der Waals surface area contributed by atoms with Crippen molar-refractivity contribution < 1.29 is 17.6 Å². The SMILES string of the molecule is Cc1csc(NC(=O)c2ccccc2NS(=O)(=O)c2ccc(F)cc2C)n1. The van der Waals surface area contributed by atoms with Crippen molar-refractivity contribution in [1.82, 2.24) is 4.98 Å². The first-order valence-corrected chi connectivity index (χ1v) is 10.2. The predicted molar refractivity (Wildman–Crippen MR) is 103 cm³/mol. The number of hydrogen-bond acceptors (Lipinski definition) is 5. The van der Waals surface area contributed by atoms with Gasteiger partial charge in [-0.05, 0) is 49.7 Å². The number of aryl methyl sites for hydroxylation is 2. The molecule has 1 heterocycles. The number of nitrogens with one attached hydrogen (secondary N) is 2. The molecule has 0 aliphatic heterocycles. The van der Waals surface area contributed by atoms with Crippen molar-refractivity contribution in [2.45, 2.75) is 18.7 Å². The summed E-state index contributed by atoms with van der Waals surface area (Å²) in [7, 11) is -4.00. The number of nitrogens with zero attached hydrogens (tertiary/aromatic N) is 1. The van der Waals surface area contributed by atoms with Gasteiger partial charge in [-0.2, -0.15) is 0 Å². The molecule has 0 fully saturated rings. The number of thiazole rings is 1. The van der Waals surface area contributed by atoms with Gasteiger partial charge < -0.3 is 0 Å². The molecule has 27 heavy (non-hydrogen) atoms. The summed E-state index contributed by atoms with van der Waals surface area (Å²) in [6.45, 7) is 3.31. The molecule has 1 amide bonds. The number of para-hydroxylation sites is 1. The highest BCUT2D eigenvalue weighted by Gasteiger charge is 2.21. The number of sulfonamides is 1. The van der Waals surface area contributed by atoms with Gasteiger partial charge in [-0.15, -0.1) is 11.3 Å². The molecule has 2 N–H and O–H groups in total. The van der Waals surface area contributed by atoms with Crippen LogP contribution in [0.2, 0.25) is 0 Å². The van der Waals surface area contributed by atoms with Crippen molar-refractivity contribution in [3.05, 3.63) is 70.5 Å². The van der Waals surface area contributed by atoms with Gasteiger partial charge in [0.25, 0.3) is 15.9 Å². The van der Waals surface area contributed by atoms with Crippen LogP contribution in [0.3, 0.4) is 0 Å². The van der Waals surface area contributed by atoms with Gasteiger partial charge in [-0.3, -0.25) is 14.8 Å². The molecule has 3 aromatic rings. The Balaban J connectivity index is 1.90. The van der Waals surface area contributed by atoms with Crippen LogP contribution in [0.15, 0.2) is 52.7 Å². The van der Waals surface area contributed by atoms with Crippen molar-refractivity contribution in [3.8, 4) is 0 Å². The number of hydrogen-bond donors (Lipinski definition) is 2. The van der Waals surface area contributed by atoms with Gasteiger partial charge >= 0.3 is 0 Å². The maximum absolute atomic E-state index is 13.3. The van der Waals surface area contributed by atoms with Crippen LogP contribution in [0.5, 0.6) is 0 Å². The molecular weight excluding hydrogens is 389 g/mol. The maximum atomic E-state index is 13.3. The lowest BCUT2D eigenvalue weighted by atomic mass is 10.2. The molecule has 6 nitrogen and oxygen atoms in total. The van der Waals surface area contributed by atoms with E-state index in [9.17, 15) is 17.6 Å². The number of anilines is 2. The van der Waals surface area contributed by atoms with Gasteiger partial charge in [0.2, 0.25) is 0 Å². The average molecular weight is 405 g/mol. The van der Waals surface area contributed by atoms with Crippen LogP contribution in [0.25, 0.3) is 0 Å². The lowest BCUT2D eigenvalue weighted by Crippen LogP contribution is -2.19. The zero-order valence-electron chi connectivity index (χ0n) is 14.5. The van der Waals surface area contributed by atoms with Gasteiger partial charge in [0.05, 0.1) is 21.8 Å². The topological polar surface area (TPSA) is 88.2 Å². The second kappa shape index (κ2) is 7.45. The van der Waals surface area contributed by atoms with Crippen molar-refractivity contribution in [2.75, 3.05) is 10.0 Å². The minimum atomic E-state index is -4.00. The fourth-order valence-corrected chi connectivity index (χ4v) is 4.45. The molecule has 0 spiro atoms. The Morgan fingerprint density at radius 1 is 1.15 bits per heavy atom. The number of amides is 1. The van der Waals surface area contributed by atoms with E-state index in [1.54, 1.807) is 24.4 Å². The Morgan fingerprint density at radius 3 is 2.56 bits per heavy atom. The first-order valence-electron chi connectivity index (χ1n) is 7.88. The van der Waals surface area contributed by atoms with E-state index in [1.165, 1.54) is 36.5 Å². The Labute approximate surface area is 160 Å². The first kappa shape index (κ1) is 19.0. The molecule has 0 saturated heterocycles. The highest BCUT2D eigenvalue weighted by molar-refractivity contribution is 7.92. The summed E-state index contributed by atoms with van der Waals surface area (Å²) in [5, 5.41) is 4.86. The molecule has 3 rings (SSSR count). The van der Waals surface area contributed by atoms with E-state index >= 15 is 0 Å². The smallest absolute Gasteiger partial charge is 0.262 e. The molecule has 9 heteroatoms. The van der Waals surface area contributed by atoms with Gasteiger partial charge in [-0.25, -0.2) is 17.8 Å². The van der Waals surface area contributed by atoms with Crippen molar-refractivity contribution in [2.24, 2.45) is 0 Å². The summed E-state index contributed by atoms with van der Waals surface area (Å²) in [6.07, 6.45) is 0. The van der Waals surface area contributed by atoms with Gasteiger partial charge in [0.15, 0.2) is 5.13 Å². The van der Waals surface area contributed by atoms with Crippen LogP contribution in [0, 0.1) is 19.7 Å². The summed E-state index contributed by atoms with van der Waals surface area (Å²) < 4.78 is 41.1. The number of carbonyl (C=O) groups is 1. The summed E-state index contributed by atoms with van der Waals surface area (Å²) in [5.74, 6) is -1.01. The summed E-state index contributed by atoms with van der Waals surface area (Å²) in [5.41, 5.74) is 1.31. The third-order valence-corrected chi connectivity index (χ3v) is 6.08. The predicted octanol–water partition coefficient (Wildman–Crippen LogP) is 3.95. The number of carbonyl (C=O) groups excluding carboxylic acids is 1. The quantitative estimate of drug-likeness (QED) is 0.673. The van der Waals surface area contributed by atoms with Crippen molar-refractivity contribution in [3.63, 3.8) is 0 Å². The number of rotatable bonds is 5. The van der Waals surface area contributed by atoms with E-state index in [0.717, 1.165) is 17.8 Å². The summed E-state index contributed by atoms with van der Waals surface area (Å²) >= 11 is 1.27. The fraction of sp³-hybridized carbons (Fsp3) is 0.111.